The first kappa shape index (κ1) is 20.7. The predicted molar refractivity (Wildman–Crippen MR) is 111 cm³/mol. The molecule has 0 saturated heterocycles. The third kappa shape index (κ3) is 4.31. The number of ether oxygens (including phenoxy) is 1. The molecule has 3 aromatic rings. The van der Waals surface area contributed by atoms with Crippen molar-refractivity contribution in [3.8, 4) is 5.69 Å². The highest BCUT2D eigenvalue weighted by molar-refractivity contribution is 7.99. The maximum atomic E-state index is 12.7. The van der Waals surface area contributed by atoms with Gasteiger partial charge >= 0.3 is 12.0 Å². The van der Waals surface area contributed by atoms with Crippen LogP contribution < -0.4 is 10.6 Å². The highest BCUT2D eigenvalue weighted by Gasteiger charge is 2.35. The van der Waals surface area contributed by atoms with Crippen molar-refractivity contribution in [1.29, 1.82) is 0 Å². The van der Waals surface area contributed by atoms with Crippen molar-refractivity contribution < 1.29 is 18.7 Å². The number of carbonyl (C=O) groups excluding carboxylic acids is 2. The van der Waals surface area contributed by atoms with Crippen molar-refractivity contribution in [2.45, 2.75) is 25.0 Å². The van der Waals surface area contributed by atoms with E-state index < -0.39 is 18.0 Å². The summed E-state index contributed by atoms with van der Waals surface area (Å²) in [5.41, 5.74) is 2.54. The molecule has 0 unspecified atom stereocenters. The van der Waals surface area contributed by atoms with Crippen molar-refractivity contribution in [1.82, 2.24) is 30.8 Å². The molecule has 1 atom stereocenters. The SMILES string of the molecule is CCOC(=O)C1=C(CSc2nnnn2-c2ccccc2C)NC(=O)N[C@@H]1c1ccco1. The molecule has 3 heterocycles. The van der Waals surface area contributed by atoms with Gasteiger partial charge in [-0.3, -0.25) is 0 Å². The van der Waals surface area contributed by atoms with Crippen molar-refractivity contribution in [2.75, 3.05) is 12.4 Å². The molecule has 0 fully saturated rings. The van der Waals surface area contributed by atoms with Gasteiger partial charge in [-0.15, -0.1) is 5.10 Å². The first-order chi connectivity index (χ1) is 15.1. The number of tetrazole rings is 1. The average molecular weight is 440 g/mol. The van der Waals surface area contributed by atoms with Gasteiger partial charge in [0.05, 0.1) is 24.1 Å². The van der Waals surface area contributed by atoms with Crippen LogP contribution in [0.2, 0.25) is 0 Å². The number of hydrogen-bond acceptors (Lipinski definition) is 8. The van der Waals surface area contributed by atoms with E-state index in [1.807, 2.05) is 31.2 Å². The Kier molecular flexibility index (Phi) is 6.03. The second-order valence-electron chi connectivity index (χ2n) is 6.61. The van der Waals surface area contributed by atoms with Crippen LogP contribution in [-0.2, 0) is 9.53 Å². The molecule has 2 aromatic heterocycles. The quantitative estimate of drug-likeness (QED) is 0.424. The monoisotopic (exact) mass is 440 g/mol. The van der Waals surface area contributed by atoms with E-state index in [4.69, 9.17) is 9.15 Å². The van der Waals surface area contributed by atoms with Gasteiger partial charge in [-0.05, 0) is 48.0 Å². The highest BCUT2D eigenvalue weighted by Crippen LogP contribution is 2.31. The minimum absolute atomic E-state index is 0.201. The van der Waals surface area contributed by atoms with Gasteiger partial charge in [-0.2, -0.15) is 4.68 Å². The highest BCUT2D eigenvalue weighted by atomic mass is 32.2. The van der Waals surface area contributed by atoms with Gasteiger partial charge in [0, 0.05) is 11.4 Å². The van der Waals surface area contributed by atoms with Crippen molar-refractivity contribution in [3.05, 3.63) is 65.3 Å². The third-order valence-corrected chi connectivity index (χ3v) is 5.55. The minimum atomic E-state index is -0.759. The summed E-state index contributed by atoms with van der Waals surface area (Å²) in [4.78, 5) is 25.0. The van der Waals surface area contributed by atoms with Gasteiger partial charge in [0.15, 0.2) is 0 Å². The topological polar surface area (TPSA) is 124 Å². The molecule has 10 nitrogen and oxygen atoms in total. The van der Waals surface area contributed by atoms with E-state index in [2.05, 4.69) is 26.2 Å². The van der Waals surface area contributed by atoms with E-state index in [1.165, 1.54) is 18.0 Å². The Bertz CT molecular complexity index is 1120. The van der Waals surface area contributed by atoms with Crippen LogP contribution in [0.4, 0.5) is 4.79 Å². The molecule has 2 amide bonds. The molecule has 0 saturated carbocycles. The number of para-hydroxylation sites is 1. The summed E-state index contributed by atoms with van der Waals surface area (Å²) in [6.07, 6.45) is 1.48. The van der Waals surface area contributed by atoms with Gasteiger partial charge in [0.1, 0.15) is 11.8 Å². The Morgan fingerprint density at radius 3 is 2.87 bits per heavy atom. The molecule has 0 bridgehead atoms. The molecule has 0 aliphatic carbocycles. The van der Waals surface area contributed by atoms with Crippen LogP contribution >= 0.6 is 11.8 Å². The van der Waals surface area contributed by atoms with Crippen LogP contribution in [-0.4, -0.2) is 44.6 Å². The molecule has 160 valence electrons. The largest absolute Gasteiger partial charge is 0.467 e. The molecule has 31 heavy (non-hydrogen) atoms. The lowest BCUT2D eigenvalue weighted by atomic mass is 10.0. The number of furan rings is 1. The Morgan fingerprint density at radius 1 is 1.29 bits per heavy atom. The summed E-state index contributed by atoms with van der Waals surface area (Å²) in [7, 11) is 0. The van der Waals surface area contributed by atoms with Gasteiger partial charge in [-0.1, -0.05) is 30.0 Å². The summed E-state index contributed by atoms with van der Waals surface area (Å²) in [6.45, 7) is 3.89. The van der Waals surface area contributed by atoms with Crippen molar-refractivity contribution >= 4 is 23.8 Å². The lowest BCUT2D eigenvalue weighted by Gasteiger charge is -2.27. The van der Waals surface area contributed by atoms with Gasteiger partial charge in [0.25, 0.3) is 0 Å². The smallest absolute Gasteiger partial charge is 0.338 e. The zero-order valence-electron chi connectivity index (χ0n) is 16.9. The number of thioether (sulfide) groups is 1. The number of amides is 2. The number of aryl methyl sites for hydroxylation is 1. The van der Waals surface area contributed by atoms with Crippen LogP contribution in [0.15, 0.2) is 63.5 Å². The molecule has 11 heteroatoms. The summed E-state index contributed by atoms with van der Waals surface area (Å²) in [5, 5.41) is 17.9. The normalized spacial score (nSPS) is 16.1. The molecule has 1 aliphatic rings. The molecule has 4 rings (SSSR count). The van der Waals surface area contributed by atoms with Gasteiger partial charge in [0.2, 0.25) is 5.16 Å². The Balaban J connectivity index is 1.66. The molecular formula is C20H20N6O4S. The summed E-state index contributed by atoms with van der Waals surface area (Å²) < 4.78 is 12.3. The molecule has 1 aliphatic heterocycles. The number of hydrogen-bond donors (Lipinski definition) is 2. The number of aromatic nitrogens is 4. The maximum Gasteiger partial charge on any atom is 0.338 e. The fourth-order valence-corrected chi connectivity index (χ4v) is 4.06. The average Bonchev–Trinajstić information content (AvgIpc) is 3.44. The van der Waals surface area contributed by atoms with Crippen molar-refractivity contribution in [3.63, 3.8) is 0 Å². The Labute approximate surface area is 182 Å². The lowest BCUT2D eigenvalue weighted by Crippen LogP contribution is -2.46. The number of carbonyl (C=O) groups is 2. The molecule has 0 spiro atoms. The lowest BCUT2D eigenvalue weighted by molar-refractivity contribution is -0.139. The first-order valence-electron chi connectivity index (χ1n) is 9.56. The molecule has 2 N–H and O–H groups in total. The minimum Gasteiger partial charge on any atom is -0.467 e. The van der Waals surface area contributed by atoms with E-state index in [9.17, 15) is 9.59 Å². The predicted octanol–water partition coefficient (Wildman–Crippen LogP) is 2.53. The zero-order chi connectivity index (χ0) is 21.8. The number of nitrogens with one attached hydrogen (secondary N) is 2. The second kappa shape index (κ2) is 9.04. The standard InChI is InChI=1S/C20H20N6O4S/c1-3-29-18(27)16-13(21-19(28)22-17(16)15-9-6-10-30-15)11-31-20-23-24-25-26(20)14-8-5-4-7-12(14)2/h4-10,17H,3,11H2,1-2H3,(H2,21,22,28)/t17-/m1/s1. The van der Waals surface area contributed by atoms with E-state index in [-0.39, 0.29) is 17.9 Å². The summed E-state index contributed by atoms with van der Waals surface area (Å²) >= 11 is 1.29. The number of esters is 1. The third-order valence-electron chi connectivity index (χ3n) is 4.61. The number of nitrogens with zero attached hydrogens (tertiary/aromatic N) is 4. The van der Waals surface area contributed by atoms with E-state index in [0.717, 1.165) is 11.3 Å². The summed E-state index contributed by atoms with van der Waals surface area (Å²) in [5.74, 6) is 0.140. The number of benzene rings is 1. The summed E-state index contributed by atoms with van der Waals surface area (Å²) in [6, 6.07) is 9.91. The Morgan fingerprint density at radius 2 is 2.13 bits per heavy atom. The van der Waals surface area contributed by atoms with Crippen LogP contribution in [0.5, 0.6) is 0 Å². The van der Waals surface area contributed by atoms with E-state index in [1.54, 1.807) is 23.7 Å². The fourth-order valence-electron chi connectivity index (χ4n) is 3.21. The van der Waals surface area contributed by atoms with Gasteiger partial charge in [-0.25, -0.2) is 9.59 Å². The van der Waals surface area contributed by atoms with Crippen LogP contribution in [0, 0.1) is 6.92 Å². The second-order valence-corrected chi connectivity index (χ2v) is 7.55. The number of urea groups is 1. The zero-order valence-corrected chi connectivity index (χ0v) is 17.7. The van der Waals surface area contributed by atoms with Gasteiger partial charge < -0.3 is 19.8 Å². The molecular weight excluding hydrogens is 420 g/mol. The molecule has 1 aromatic carbocycles. The van der Waals surface area contributed by atoms with Crippen LogP contribution in [0.25, 0.3) is 5.69 Å². The van der Waals surface area contributed by atoms with Crippen LogP contribution in [0.1, 0.15) is 24.3 Å². The number of rotatable bonds is 7. The van der Waals surface area contributed by atoms with E-state index >= 15 is 0 Å². The van der Waals surface area contributed by atoms with E-state index in [0.29, 0.717) is 16.6 Å². The maximum absolute atomic E-state index is 12.7. The Hall–Kier alpha value is -3.60. The fraction of sp³-hybridized carbons (Fsp3) is 0.250. The first-order valence-corrected chi connectivity index (χ1v) is 10.5. The molecule has 0 radical (unpaired) electrons. The van der Waals surface area contributed by atoms with Crippen molar-refractivity contribution in [2.24, 2.45) is 0 Å². The van der Waals surface area contributed by atoms with Crippen LogP contribution in [0.3, 0.4) is 0 Å².